The molecule has 0 bridgehead atoms. The van der Waals surface area contributed by atoms with Crippen LogP contribution in [0.15, 0.2) is 36.8 Å². The number of aromatic carboxylic acids is 1. The molecule has 0 saturated heterocycles. The van der Waals surface area contributed by atoms with E-state index in [-0.39, 0.29) is 17.2 Å². The molecule has 102 valence electrons. The van der Waals surface area contributed by atoms with Crippen molar-refractivity contribution in [3.63, 3.8) is 0 Å². The number of pyridine rings is 1. The van der Waals surface area contributed by atoms with E-state index in [2.05, 4.69) is 10.3 Å². The Morgan fingerprint density at radius 1 is 1.35 bits per heavy atom. The van der Waals surface area contributed by atoms with Crippen LogP contribution in [0.2, 0.25) is 0 Å². The van der Waals surface area contributed by atoms with E-state index in [1.165, 1.54) is 18.5 Å². The standard InChI is InChI=1S/C14H13N3O3/c18-13(12-2-1-7-17(12)9-3-4-9)16-11-8-15-6-5-10(11)14(19)20/h1-2,5-9H,3-4H2,(H,16,18)(H,19,20). The van der Waals surface area contributed by atoms with Crippen molar-refractivity contribution < 1.29 is 14.7 Å². The van der Waals surface area contributed by atoms with Crippen molar-refractivity contribution in [3.05, 3.63) is 48.0 Å². The van der Waals surface area contributed by atoms with Crippen molar-refractivity contribution in [1.29, 1.82) is 0 Å². The minimum atomic E-state index is -1.10. The lowest BCUT2D eigenvalue weighted by atomic mass is 10.2. The highest BCUT2D eigenvalue weighted by Crippen LogP contribution is 2.36. The summed E-state index contributed by atoms with van der Waals surface area (Å²) in [5, 5.41) is 11.7. The van der Waals surface area contributed by atoms with E-state index in [0.717, 1.165) is 12.8 Å². The highest BCUT2D eigenvalue weighted by atomic mass is 16.4. The SMILES string of the molecule is O=C(O)c1ccncc1NC(=O)c1cccn1C1CC1. The summed E-state index contributed by atoms with van der Waals surface area (Å²) in [7, 11) is 0. The molecule has 1 aliphatic rings. The number of carboxylic acid groups (broad SMARTS) is 1. The number of hydrogen-bond donors (Lipinski definition) is 2. The smallest absolute Gasteiger partial charge is 0.337 e. The van der Waals surface area contributed by atoms with Gasteiger partial charge < -0.3 is 15.0 Å². The highest BCUT2D eigenvalue weighted by Gasteiger charge is 2.27. The molecule has 2 N–H and O–H groups in total. The molecule has 2 heterocycles. The molecule has 0 atom stereocenters. The van der Waals surface area contributed by atoms with E-state index in [0.29, 0.717) is 11.7 Å². The van der Waals surface area contributed by atoms with Gasteiger partial charge in [0.15, 0.2) is 0 Å². The molecule has 2 aromatic heterocycles. The Morgan fingerprint density at radius 3 is 2.85 bits per heavy atom. The van der Waals surface area contributed by atoms with Crippen LogP contribution in [0.4, 0.5) is 5.69 Å². The van der Waals surface area contributed by atoms with E-state index < -0.39 is 5.97 Å². The van der Waals surface area contributed by atoms with Crippen LogP contribution in [-0.2, 0) is 0 Å². The number of carbonyl (C=O) groups excluding carboxylic acids is 1. The number of nitrogens with zero attached hydrogens (tertiary/aromatic N) is 2. The lowest BCUT2D eigenvalue weighted by Crippen LogP contribution is -2.18. The number of rotatable bonds is 4. The Balaban J connectivity index is 1.86. The van der Waals surface area contributed by atoms with Gasteiger partial charge in [0.1, 0.15) is 5.69 Å². The lowest BCUT2D eigenvalue weighted by Gasteiger charge is -2.10. The van der Waals surface area contributed by atoms with Crippen LogP contribution in [0.1, 0.15) is 39.7 Å². The maximum absolute atomic E-state index is 12.3. The van der Waals surface area contributed by atoms with Crippen molar-refractivity contribution in [3.8, 4) is 0 Å². The molecule has 6 nitrogen and oxygen atoms in total. The number of aromatic nitrogens is 2. The van der Waals surface area contributed by atoms with Gasteiger partial charge in [-0.3, -0.25) is 9.78 Å². The van der Waals surface area contributed by atoms with E-state index in [9.17, 15) is 9.59 Å². The highest BCUT2D eigenvalue weighted by molar-refractivity contribution is 6.06. The number of carbonyl (C=O) groups is 2. The fraction of sp³-hybridized carbons (Fsp3) is 0.214. The maximum Gasteiger partial charge on any atom is 0.337 e. The topological polar surface area (TPSA) is 84.2 Å². The van der Waals surface area contributed by atoms with Crippen LogP contribution in [0.25, 0.3) is 0 Å². The Labute approximate surface area is 115 Å². The second kappa shape index (κ2) is 4.80. The summed E-state index contributed by atoms with van der Waals surface area (Å²) in [4.78, 5) is 27.2. The van der Waals surface area contributed by atoms with Gasteiger partial charge in [0, 0.05) is 18.4 Å². The molecule has 1 saturated carbocycles. The molecule has 0 aromatic carbocycles. The number of hydrogen-bond acceptors (Lipinski definition) is 3. The van der Waals surface area contributed by atoms with Crippen molar-refractivity contribution in [1.82, 2.24) is 9.55 Å². The minimum absolute atomic E-state index is 0.0258. The normalized spacial score (nSPS) is 14.0. The molecule has 0 aliphatic heterocycles. The van der Waals surface area contributed by atoms with Gasteiger partial charge in [-0.2, -0.15) is 0 Å². The molecule has 6 heteroatoms. The molecule has 3 rings (SSSR count). The first-order chi connectivity index (χ1) is 9.66. The van der Waals surface area contributed by atoms with Crippen molar-refractivity contribution >= 4 is 17.6 Å². The van der Waals surface area contributed by atoms with Crippen LogP contribution in [0.3, 0.4) is 0 Å². The van der Waals surface area contributed by atoms with Crippen LogP contribution in [0.5, 0.6) is 0 Å². The van der Waals surface area contributed by atoms with Gasteiger partial charge in [-0.1, -0.05) is 0 Å². The Bertz CT molecular complexity index is 674. The van der Waals surface area contributed by atoms with E-state index in [1.54, 1.807) is 6.07 Å². The first-order valence-corrected chi connectivity index (χ1v) is 6.32. The Kier molecular flexibility index (Phi) is 2.98. The third-order valence-corrected chi connectivity index (χ3v) is 3.25. The molecule has 1 fully saturated rings. The zero-order chi connectivity index (χ0) is 14.1. The predicted molar refractivity (Wildman–Crippen MR) is 71.9 cm³/mol. The average molecular weight is 271 g/mol. The van der Waals surface area contributed by atoms with Crippen LogP contribution < -0.4 is 5.32 Å². The largest absolute Gasteiger partial charge is 0.478 e. The Morgan fingerprint density at radius 2 is 2.15 bits per heavy atom. The second-order valence-electron chi connectivity index (χ2n) is 4.71. The summed E-state index contributed by atoms with van der Waals surface area (Å²) < 4.78 is 1.92. The monoisotopic (exact) mass is 271 g/mol. The van der Waals surface area contributed by atoms with E-state index >= 15 is 0 Å². The van der Waals surface area contributed by atoms with Gasteiger partial charge in [0.2, 0.25) is 0 Å². The number of carboxylic acids is 1. The molecule has 20 heavy (non-hydrogen) atoms. The lowest BCUT2D eigenvalue weighted by molar-refractivity contribution is 0.0698. The third kappa shape index (κ3) is 2.27. The summed E-state index contributed by atoms with van der Waals surface area (Å²) in [5.74, 6) is -1.42. The predicted octanol–water partition coefficient (Wildman–Crippen LogP) is 2.17. The summed E-state index contributed by atoms with van der Waals surface area (Å²) in [5.41, 5.74) is 0.763. The molecule has 1 amide bonds. The fourth-order valence-electron chi connectivity index (χ4n) is 2.12. The zero-order valence-electron chi connectivity index (χ0n) is 10.6. The van der Waals surface area contributed by atoms with Crippen molar-refractivity contribution in [2.75, 3.05) is 5.32 Å². The number of anilines is 1. The quantitative estimate of drug-likeness (QED) is 0.892. The van der Waals surface area contributed by atoms with E-state index in [4.69, 9.17) is 5.11 Å². The number of amides is 1. The van der Waals surface area contributed by atoms with Crippen molar-refractivity contribution in [2.45, 2.75) is 18.9 Å². The van der Waals surface area contributed by atoms with E-state index in [1.807, 2.05) is 16.8 Å². The third-order valence-electron chi connectivity index (χ3n) is 3.25. The molecule has 1 aliphatic carbocycles. The van der Waals surface area contributed by atoms with Gasteiger partial charge in [-0.15, -0.1) is 0 Å². The summed E-state index contributed by atoms with van der Waals surface area (Å²) in [6.45, 7) is 0. The first kappa shape index (κ1) is 12.4. The summed E-state index contributed by atoms with van der Waals surface area (Å²) in [6, 6.07) is 5.29. The summed E-state index contributed by atoms with van der Waals surface area (Å²) >= 11 is 0. The fourth-order valence-corrected chi connectivity index (χ4v) is 2.12. The van der Waals surface area contributed by atoms with Gasteiger partial charge in [0.25, 0.3) is 5.91 Å². The summed E-state index contributed by atoms with van der Waals surface area (Å²) in [6.07, 6.45) is 6.73. The maximum atomic E-state index is 12.3. The average Bonchev–Trinajstić information content (AvgIpc) is 3.16. The molecule has 0 spiro atoms. The van der Waals surface area contributed by atoms with Crippen molar-refractivity contribution in [2.24, 2.45) is 0 Å². The van der Waals surface area contributed by atoms with Crippen LogP contribution in [0, 0.1) is 0 Å². The number of nitrogens with one attached hydrogen (secondary N) is 1. The van der Waals surface area contributed by atoms with Crippen LogP contribution >= 0.6 is 0 Å². The van der Waals surface area contributed by atoms with Gasteiger partial charge >= 0.3 is 5.97 Å². The molecule has 0 unspecified atom stereocenters. The zero-order valence-corrected chi connectivity index (χ0v) is 10.6. The first-order valence-electron chi connectivity index (χ1n) is 6.32. The molecule has 0 radical (unpaired) electrons. The Hall–Kier alpha value is -2.63. The molecular weight excluding hydrogens is 258 g/mol. The minimum Gasteiger partial charge on any atom is -0.478 e. The molecule has 2 aromatic rings. The molecular formula is C14H13N3O3. The second-order valence-corrected chi connectivity index (χ2v) is 4.71. The van der Waals surface area contributed by atoms with Gasteiger partial charge in [0.05, 0.1) is 17.4 Å². The van der Waals surface area contributed by atoms with Crippen LogP contribution in [-0.4, -0.2) is 26.5 Å². The van der Waals surface area contributed by atoms with Gasteiger partial charge in [-0.25, -0.2) is 4.79 Å². The van der Waals surface area contributed by atoms with Gasteiger partial charge in [-0.05, 0) is 31.0 Å².